The number of carboxylic acid groups (broad SMARTS) is 2. The first-order valence-electron chi connectivity index (χ1n) is 4.78. The number of carbonyl (C=O) groups is 2. The summed E-state index contributed by atoms with van der Waals surface area (Å²) < 4.78 is 0. The molecule has 0 atom stereocenters. The number of nitro groups is 1. The van der Waals surface area contributed by atoms with Gasteiger partial charge in [-0.05, 0) is 12.1 Å². The van der Waals surface area contributed by atoms with Gasteiger partial charge in [-0.2, -0.15) is 0 Å². The normalized spacial score (nSPS) is 11.1. The van der Waals surface area contributed by atoms with Crippen LogP contribution in [0.3, 0.4) is 0 Å². The van der Waals surface area contributed by atoms with Gasteiger partial charge in [0.05, 0.1) is 11.3 Å². The maximum Gasteiger partial charge on any atom is 0.350 e. The third kappa shape index (κ3) is 4.03. The standard InChI is InChI=1S/C10H7ClN2O6/c11-5-1-2-6(8(3-5)13(18)19)12-7(10(16)17)4-9(14)15/h1-3H,4H2,(H,14,15)(H,16,17). The van der Waals surface area contributed by atoms with Crippen LogP contribution in [0.1, 0.15) is 6.42 Å². The maximum absolute atomic E-state index is 10.8. The molecular weight excluding hydrogens is 280 g/mol. The van der Waals surface area contributed by atoms with Crippen LogP contribution in [0.2, 0.25) is 5.02 Å². The van der Waals surface area contributed by atoms with Gasteiger partial charge >= 0.3 is 11.9 Å². The monoisotopic (exact) mass is 286 g/mol. The zero-order chi connectivity index (χ0) is 14.6. The van der Waals surface area contributed by atoms with Crippen molar-refractivity contribution in [3.63, 3.8) is 0 Å². The van der Waals surface area contributed by atoms with Crippen LogP contribution in [0.15, 0.2) is 23.2 Å². The summed E-state index contributed by atoms with van der Waals surface area (Å²) in [6.45, 7) is 0. The Hall–Kier alpha value is -2.48. The molecule has 0 saturated heterocycles. The van der Waals surface area contributed by atoms with E-state index in [2.05, 4.69) is 4.99 Å². The molecule has 8 nitrogen and oxygen atoms in total. The molecule has 0 fully saturated rings. The van der Waals surface area contributed by atoms with Crippen molar-refractivity contribution in [2.24, 2.45) is 4.99 Å². The Morgan fingerprint density at radius 2 is 2.00 bits per heavy atom. The molecule has 0 heterocycles. The lowest BCUT2D eigenvalue weighted by Gasteiger charge is -2.01. The summed E-state index contributed by atoms with van der Waals surface area (Å²) in [6, 6.07) is 3.43. The second-order valence-electron chi connectivity index (χ2n) is 3.32. The fraction of sp³-hybridized carbons (Fsp3) is 0.100. The van der Waals surface area contributed by atoms with Gasteiger partial charge < -0.3 is 10.2 Å². The minimum Gasteiger partial charge on any atom is -0.481 e. The number of aliphatic imine (C=N–C) groups is 1. The van der Waals surface area contributed by atoms with Gasteiger partial charge in [-0.25, -0.2) is 9.79 Å². The molecule has 19 heavy (non-hydrogen) atoms. The predicted octanol–water partition coefficient (Wildman–Crippen LogP) is 1.88. The molecule has 0 amide bonds. The quantitative estimate of drug-likeness (QED) is 0.483. The van der Waals surface area contributed by atoms with Crippen LogP contribution in [-0.2, 0) is 9.59 Å². The summed E-state index contributed by atoms with van der Waals surface area (Å²) in [4.78, 5) is 34.7. The molecule has 2 N–H and O–H groups in total. The Morgan fingerprint density at radius 1 is 1.37 bits per heavy atom. The van der Waals surface area contributed by atoms with E-state index in [-0.39, 0.29) is 10.7 Å². The summed E-state index contributed by atoms with van der Waals surface area (Å²) >= 11 is 5.58. The van der Waals surface area contributed by atoms with Crippen LogP contribution in [0, 0.1) is 10.1 Å². The lowest BCUT2D eigenvalue weighted by molar-refractivity contribution is -0.384. The molecule has 0 unspecified atom stereocenters. The third-order valence-corrected chi connectivity index (χ3v) is 2.19. The number of aliphatic carboxylic acids is 2. The largest absolute Gasteiger partial charge is 0.481 e. The lowest BCUT2D eigenvalue weighted by atomic mass is 10.2. The highest BCUT2D eigenvalue weighted by atomic mass is 35.5. The van der Waals surface area contributed by atoms with Crippen molar-refractivity contribution in [3.05, 3.63) is 33.3 Å². The molecule has 100 valence electrons. The van der Waals surface area contributed by atoms with Gasteiger partial charge in [0.1, 0.15) is 11.4 Å². The van der Waals surface area contributed by atoms with Gasteiger partial charge in [0.25, 0.3) is 5.69 Å². The van der Waals surface area contributed by atoms with Crippen molar-refractivity contribution in [2.75, 3.05) is 0 Å². The van der Waals surface area contributed by atoms with E-state index in [0.29, 0.717) is 0 Å². The van der Waals surface area contributed by atoms with Crippen molar-refractivity contribution in [1.82, 2.24) is 0 Å². The number of halogens is 1. The van der Waals surface area contributed by atoms with E-state index < -0.39 is 34.7 Å². The van der Waals surface area contributed by atoms with Crippen LogP contribution in [-0.4, -0.2) is 32.8 Å². The smallest absolute Gasteiger partial charge is 0.350 e. The van der Waals surface area contributed by atoms with Crippen molar-refractivity contribution in [1.29, 1.82) is 0 Å². The van der Waals surface area contributed by atoms with Crippen LogP contribution < -0.4 is 0 Å². The number of nitrogens with zero attached hydrogens (tertiary/aromatic N) is 2. The number of benzene rings is 1. The molecular formula is C10H7ClN2O6. The molecule has 0 aliphatic rings. The highest BCUT2D eigenvalue weighted by Gasteiger charge is 2.19. The fourth-order valence-electron chi connectivity index (χ4n) is 1.19. The van der Waals surface area contributed by atoms with Gasteiger partial charge in [-0.15, -0.1) is 0 Å². The summed E-state index contributed by atoms with van der Waals surface area (Å²) in [5.74, 6) is -2.97. The number of carboxylic acids is 2. The Kier molecular flexibility index (Phi) is 4.54. The molecule has 1 aromatic carbocycles. The van der Waals surface area contributed by atoms with Crippen LogP contribution in [0.4, 0.5) is 11.4 Å². The summed E-state index contributed by atoms with van der Waals surface area (Å²) in [7, 11) is 0. The van der Waals surface area contributed by atoms with Gasteiger partial charge in [0.15, 0.2) is 0 Å². The Bertz CT molecular complexity index is 583. The SMILES string of the molecule is O=C(O)CC(=Nc1ccc(Cl)cc1[N+](=O)[O-])C(=O)O. The zero-order valence-electron chi connectivity index (χ0n) is 9.24. The second kappa shape index (κ2) is 5.91. The minimum atomic E-state index is -1.56. The Labute approximate surface area is 111 Å². The van der Waals surface area contributed by atoms with Gasteiger partial charge in [0.2, 0.25) is 0 Å². The molecule has 9 heteroatoms. The van der Waals surface area contributed by atoms with E-state index >= 15 is 0 Å². The Balaban J connectivity index is 3.31. The maximum atomic E-state index is 10.8. The fourth-order valence-corrected chi connectivity index (χ4v) is 1.36. The first-order valence-corrected chi connectivity index (χ1v) is 5.15. The van der Waals surface area contributed by atoms with E-state index in [0.717, 1.165) is 12.1 Å². The molecule has 0 aliphatic heterocycles. The zero-order valence-corrected chi connectivity index (χ0v) is 9.99. The lowest BCUT2D eigenvalue weighted by Crippen LogP contribution is -2.17. The summed E-state index contributed by atoms with van der Waals surface area (Å²) in [5, 5.41) is 28.2. The van der Waals surface area contributed by atoms with Gasteiger partial charge in [0, 0.05) is 11.1 Å². The van der Waals surface area contributed by atoms with Crippen molar-refractivity contribution in [2.45, 2.75) is 6.42 Å². The summed E-state index contributed by atoms with van der Waals surface area (Å²) in [5.41, 5.74) is -1.48. The van der Waals surface area contributed by atoms with Crippen molar-refractivity contribution >= 4 is 40.6 Å². The van der Waals surface area contributed by atoms with Gasteiger partial charge in [-0.3, -0.25) is 14.9 Å². The van der Waals surface area contributed by atoms with Crippen molar-refractivity contribution in [3.8, 4) is 0 Å². The van der Waals surface area contributed by atoms with Gasteiger partial charge in [-0.1, -0.05) is 11.6 Å². The topological polar surface area (TPSA) is 130 Å². The van der Waals surface area contributed by atoms with Crippen LogP contribution in [0.5, 0.6) is 0 Å². The number of nitro benzene ring substituents is 1. The van der Waals surface area contributed by atoms with Crippen LogP contribution in [0.25, 0.3) is 0 Å². The first kappa shape index (κ1) is 14.6. The van der Waals surface area contributed by atoms with E-state index in [1.54, 1.807) is 0 Å². The highest BCUT2D eigenvalue weighted by molar-refractivity contribution is 6.39. The minimum absolute atomic E-state index is 0.0840. The molecule has 0 aromatic heterocycles. The average Bonchev–Trinajstić information content (AvgIpc) is 2.29. The van der Waals surface area contributed by atoms with E-state index in [9.17, 15) is 19.7 Å². The third-order valence-electron chi connectivity index (χ3n) is 1.96. The van der Waals surface area contributed by atoms with E-state index in [1.807, 2.05) is 0 Å². The predicted molar refractivity (Wildman–Crippen MR) is 65.1 cm³/mol. The van der Waals surface area contributed by atoms with E-state index in [4.69, 9.17) is 21.8 Å². The van der Waals surface area contributed by atoms with Crippen molar-refractivity contribution < 1.29 is 24.7 Å². The first-order chi connectivity index (χ1) is 8.81. The Morgan fingerprint density at radius 3 is 2.47 bits per heavy atom. The molecule has 0 bridgehead atoms. The van der Waals surface area contributed by atoms with E-state index in [1.165, 1.54) is 6.07 Å². The number of rotatable bonds is 5. The molecule has 0 spiro atoms. The second-order valence-corrected chi connectivity index (χ2v) is 3.76. The highest BCUT2D eigenvalue weighted by Crippen LogP contribution is 2.30. The molecule has 1 aromatic rings. The molecule has 0 aliphatic carbocycles. The molecule has 0 radical (unpaired) electrons. The number of hydrogen-bond acceptors (Lipinski definition) is 5. The molecule has 1 rings (SSSR count). The number of hydrogen-bond donors (Lipinski definition) is 2. The average molecular weight is 287 g/mol. The summed E-state index contributed by atoms with van der Waals surface area (Å²) in [6.07, 6.45) is -0.852. The molecule has 0 saturated carbocycles. The van der Waals surface area contributed by atoms with Crippen LogP contribution >= 0.6 is 11.6 Å².